The molecule has 0 aliphatic carbocycles. The van der Waals surface area contributed by atoms with E-state index in [4.69, 9.17) is 9.84 Å². The molecule has 1 amide bonds. The Morgan fingerprint density at radius 3 is 2.45 bits per heavy atom. The standard InChI is InChI=1S/C14H19NO4S/c1-6-5-10(14(17)18)13(20-6)15-12(16)11-7(2)8(3)19-9(11)4/h5,7-9,11H,1-4H3,(H,15,16)(H,17,18). The summed E-state index contributed by atoms with van der Waals surface area (Å²) in [4.78, 5) is 24.4. The van der Waals surface area contributed by atoms with Gasteiger partial charge < -0.3 is 15.2 Å². The minimum Gasteiger partial charge on any atom is -0.478 e. The van der Waals surface area contributed by atoms with E-state index in [2.05, 4.69) is 5.32 Å². The van der Waals surface area contributed by atoms with Crippen molar-refractivity contribution in [3.05, 3.63) is 16.5 Å². The second kappa shape index (κ2) is 5.54. The van der Waals surface area contributed by atoms with Gasteiger partial charge in [0.05, 0.1) is 23.7 Å². The Morgan fingerprint density at radius 2 is 1.95 bits per heavy atom. The molecule has 2 rings (SSSR count). The van der Waals surface area contributed by atoms with Crippen molar-refractivity contribution in [2.45, 2.75) is 39.9 Å². The molecular formula is C14H19NO4S. The van der Waals surface area contributed by atoms with Gasteiger partial charge in [0.15, 0.2) is 0 Å². The normalized spacial score (nSPS) is 29.4. The van der Waals surface area contributed by atoms with E-state index >= 15 is 0 Å². The van der Waals surface area contributed by atoms with Crippen LogP contribution in [0.25, 0.3) is 0 Å². The molecule has 0 aromatic carbocycles. The number of carbonyl (C=O) groups excluding carboxylic acids is 1. The minimum absolute atomic E-state index is 0.0322. The molecule has 5 nitrogen and oxygen atoms in total. The first kappa shape index (κ1) is 15.0. The van der Waals surface area contributed by atoms with E-state index in [9.17, 15) is 9.59 Å². The van der Waals surface area contributed by atoms with E-state index in [-0.39, 0.29) is 35.5 Å². The van der Waals surface area contributed by atoms with Crippen LogP contribution < -0.4 is 5.32 Å². The van der Waals surface area contributed by atoms with Crippen molar-refractivity contribution in [2.24, 2.45) is 11.8 Å². The summed E-state index contributed by atoms with van der Waals surface area (Å²) in [6.45, 7) is 7.63. The van der Waals surface area contributed by atoms with Crippen LogP contribution in [0.15, 0.2) is 6.07 Å². The largest absolute Gasteiger partial charge is 0.478 e. The quantitative estimate of drug-likeness (QED) is 0.899. The summed E-state index contributed by atoms with van der Waals surface area (Å²) >= 11 is 1.28. The lowest BCUT2D eigenvalue weighted by Crippen LogP contribution is -2.32. The van der Waals surface area contributed by atoms with Gasteiger partial charge in [0.1, 0.15) is 5.00 Å². The number of aromatic carboxylic acids is 1. The summed E-state index contributed by atoms with van der Waals surface area (Å²) in [5.41, 5.74) is 0.146. The lowest BCUT2D eigenvalue weighted by molar-refractivity contribution is -0.121. The molecule has 110 valence electrons. The zero-order chi connectivity index (χ0) is 15.0. The molecule has 0 saturated carbocycles. The number of carboxylic acid groups (broad SMARTS) is 1. The van der Waals surface area contributed by atoms with E-state index in [1.165, 1.54) is 11.3 Å². The Balaban J connectivity index is 2.18. The van der Waals surface area contributed by atoms with E-state index in [0.717, 1.165) is 4.88 Å². The molecule has 2 N–H and O–H groups in total. The van der Waals surface area contributed by atoms with Crippen LogP contribution >= 0.6 is 11.3 Å². The molecule has 1 aromatic rings. The second-order valence-corrected chi connectivity index (χ2v) is 6.58. The third-order valence-corrected chi connectivity index (χ3v) is 4.83. The van der Waals surface area contributed by atoms with Crippen LogP contribution in [-0.2, 0) is 9.53 Å². The number of thiophene rings is 1. The molecule has 1 saturated heterocycles. The monoisotopic (exact) mass is 297 g/mol. The molecule has 0 spiro atoms. The predicted octanol–water partition coefficient (Wildman–Crippen LogP) is 2.75. The lowest BCUT2D eigenvalue weighted by Gasteiger charge is -2.17. The molecule has 1 aliphatic rings. The minimum atomic E-state index is -1.03. The molecule has 4 unspecified atom stereocenters. The van der Waals surface area contributed by atoms with Gasteiger partial charge >= 0.3 is 5.97 Å². The summed E-state index contributed by atoms with van der Waals surface area (Å²) in [7, 11) is 0. The smallest absolute Gasteiger partial charge is 0.338 e. The van der Waals surface area contributed by atoms with Gasteiger partial charge in [0, 0.05) is 4.88 Å². The van der Waals surface area contributed by atoms with Crippen LogP contribution in [0.1, 0.15) is 36.0 Å². The number of carbonyl (C=O) groups is 2. The zero-order valence-corrected chi connectivity index (χ0v) is 12.8. The molecule has 0 bridgehead atoms. The van der Waals surface area contributed by atoms with Crippen molar-refractivity contribution in [3.8, 4) is 0 Å². The van der Waals surface area contributed by atoms with Gasteiger partial charge in [-0.3, -0.25) is 4.79 Å². The maximum Gasteiger partial charge on any atom is 0.338 e. The van der Waals surface area contributed by atoms with E-state index in [0.29, 0.717) is 5.00 Å². The fourth-order valence-corrected chi connectivity index (χ4v) is 3.59. The number of ether oxygens (including phenoxy) is 1. The number of amides is 1. The average molecular weight is 297 g/mol. The number of nitrogens with one attached hydrogen (secondary N) is 1. The Morgan fingerprint density at radius 1 is 1.30 bits per heavy atom. The van der Waals surface area contributed by atoms with Crippen LogP contribution in [0, 0.1) is 18.8 Å². The van der Waals surface area contributed by atoms with E-state index in [1.807, 2.05) is 27.7 Å². The van der Waals surface area contributed by atoms with Crippen LogP contribution in [0.3, 0.4) is 0 Å². The maximum atomic E-state index is 12.4. The third kappa shape index (κ3) is 2.71. The summed E-state index contributed by atoms with van der Waals surface area (Å²) in [6.07, 6.45) is -0.126. The Kier molecular flexibility index (Phi) is 4.15. The fraction of sp³-hybridized carbons (Fsp3) is 0.571. The van der Waals surface area contributed by atoms with Crippen molar-refractivity contribution in [3.63, 3.8) is 0 Å². The number of hydrogen-bond acceptors (Lipinski definition) is 4. The highest BCUT2D eigenvalue weighted by Crippen LogP contribution is 2.34. The van der Waals surface area contributed by atoms with Gasteiger partial charge in [-0.1, -0.05) is 6.92 Å². The molecule has 2 heterocycles. The van der Waals surface area contributed by atoms with Crippen LogP contribution in [0.4, 0.5) is 5.00 Å². The first-order chi connectivity index (χ1) is 9.31. The Labute approximate surface area is 121 Å². The van der Waals surface area contributed by atoms with E-state index in [1.54, 1.807) is 6.07 Å². The molecule has 20 heavy (non-hydrogen) atoms. The van der Waals surface area contributed by atoms with Crippen LogP contribution in [-0.4, -0.2) is 29.2 Å². The number of carboxylic acids is 1. The van der Waals surface area contributed by atoms with Gasteiger partial charge in [-0.15, -0.1) is 11.3 Å². The van der Waals surface area contributed by atoms with Gasteiger partial charge in [-0.2, -0.15) is 0 Å². The number of rotatable bonds is 3. The van der Waals surface area contributed by atoms with Crippen molar-refractivity contribution >= 4 is 28.2 Å². The van der Waals surface area contributed by atoms with Crippen molar-refractivity contribution in [2.75, 3.05) is 5.32 Å². The third-order valence-electron chi connectivity index (χ3n) is 3.87. The van der Waals surface area contributed by atoms with Gasteiger partial charge in [0.2, 0.25) is 5.91 Å². The summed E-state index contributed by atoms with van der Waals surface area (Å²) in [6, 6.07) is 1.57. The molecule has 0 radical (unpaired) electrons. The molecule has 1 fully saturated rings. The Hall–Kier alpha value is -1.40. The highest BCUT2D eigenvalue weighted by molar-refractivity contribution is 7.16. The molecule has 6 heteroatoms. The molecule has 1 aromatic heterocycles. The second-order valence-electron chi connectivity index (χ2n) is 5.33. The van der Waals surface area contributed by atoms with E-state index < -0.39 is 5.97 Å². The first-order valence-electron chi connectivity index (χ1n) is 6.61. The lowest BCUT2D eigenvalue weighted by atomic mass is 9.89. The van der Waals surface area contributed by atoms with Crippen molar-refractivity contribution in [1.29, 1.82) is 0 Å². The average Bonchev–Trinajstić information content (AvgIpc) is 2.80. The zero-order valence-electron chi connectivity index (χ0n) is 12.0. The number of hydrogen-bond donors (Lipinski definition) is 2. The number of anilines is 1. The van der Waals surface area contributed by atoms with Gasteiger partial charge in [0.25, 0.3) is 0 Å². The maximum absolute atomic E-state index is 12.4. The van der Waals surface area contributed by atoms with Crippen molar-refractivity contribution < 1.29 is 19.4 Å². The molecule has 4 atom stereocenters. The Bertz CT molecular complexity index is 539. The van der Waals surface area contributed by atoms with Crippen LogP contribution in [0.5, 0.6) is 0 Å². The van der Waals surface area contributed by atoms with Crippen LogP contribution in [0.2, 0.25) is 0 Å². The number of aryl methyl sites for hydroxylation is 1. The highest BCUT2D eigenvalue weighted by atomic mass is 32.1. The first-order valence-corrected chi connectivity index (χ1v) is 7.43. The predicted molar refractivity (Wildman–Crippen MR) is 77.3 cm³/mol. The summed E-state index contributed by atoms with van der Waals surface area (Å²) in [5.74, 6) is -1.34. The summed E-state index contributed by atoms with van der Waals surface area (Å²) < 4.78 is 5.65. The topological polar surface area (TPSA) is 75.6 Å². The molecular weight excluding hydrogens is 278 g/mol. The fourth-order valence-electron chi connectivity index (χ4n) is 2.68. The summed E-state index contributed by atoms with van der Waals surface area (Å²) in [5, 5.41) is 12.3. The SMILES string of the molecule is Cc1cc(C(=O)O)c(NC(=O)C2C(C)OC(C)C2C)s1. The molecule has 1 aliphatic heterocycles. The van der Waals surface area contributed by atoms with Gasteiger partial charge in [-0.25, -0.2) is 4.79 Å². The van der Waals surface area contributed by atoms with Crippen molar-refractivity contribution in [1.82, 2.24) is 0 Å². The highest BCUT2D eigenvalue weighted by Gasteiger charge is 2.41. The van der Waals surface area contributed by atoms with Gasteiger partial charge in [-0.05, 0) is 32.8 Å².